The van der Waals surface area contributed by atoms with Gasteiger partial charge >= 0.3 is 0 Å². The van der Waals surface area contributed by atoms with Crippen molar-refractivity contribution >= 4 is 23.3 Å². The predicted octanol–water partition coefficient (Wildman–Crippen LogP) is 0.0483. The summed E-state index contributed by atoms with van der Waals surface area (Å²) in [5, 5.41) is 2.44. The highest BCUT2D eigenvalue weighted by Crippen LogP contribution is 2.25. The van der Waals surface area contributed by atoms with E-state index in [0.717, 1.165) is 0 Å². The number of Topliss-reactive ketones (excluding diaryl/α,β-unsaturated/α-hetero) is 1. The maximum atomic E-state index is 11.5. The lowest BCUT2D eigenvalue weighted by Gasteiger charge is -1.98. The Balaban J connectivity index is 2.40. The number of ketones is 1. The van der Waals surface area contributed by atoms with Crippen molar-refractivity contribution in [1.82, 2.24) is 0 Å². The molecule has 2 rings (SSSR count). The fourth-order valence-electron chi connectivity index (χ4n) is 1.52. The lowest BCUT2D eigenvalue weighted by molar-refractivity contribution is -0.117. The lowest BCUT2D eigenvalue weighted by Crippen LogP contribution is -2.13. The standard InChI is InChI=1S/C12H8N2O3/c13-9(15)6-2-4-7-3-1-5-8-10(7)11(16)12(17)14-8/h1,3,5H,6H2,(H2,13,15)(H,14,16,17). The average Bonchev–Trinajstić information content (AvgIpc) is 2.55. The zero-order chi connectivity index (χ0) is 12.4. The van der Waals surface area contributed by atoms with E-state index in [9.17, 15) is 14.4 Å². The van der Waals surface area contributed by atoms with E-state index in [4.69, 9.17) is 5.73 Å². The smallest absolute Gasteiger partial charge is 0.296 e. The molecule has 17 heavy (non-hydrogen) atoms. The monoisotopic (exact) mass is 228 g/mol. The maximum absolute atomic E-state index is 11.5. The Morgan fingerprint density at radius 3 is 2.82 bits per heavy atom. The molecule has 5 nitrogen and oxygen atoms in total. The van der Waals surface area contributed by atoms with Crippen LogP contribution >= 0.6 is 0 Å². The molecule has 0 spiro atoms. The van der Waals surface area contributed by atoms with Crippen LogP contribution in [0.4, 0.5) is 5.69 Å². The summed E-state index contributed by atoms with van der Waals surface area (Å²) in [6, 6.07) is 4.91. The number of anilines is 1. The minimum absolute atomic E-state index is 0.0841. The first-order chi connectivity index (χ1) is 8.09. The van der Waals surface area contributed by atoms with Gasteiger partial charge in [-0.2, -0.15) is 0 Å². The van der Waals surface area contributed by atoms with E-state index in [2.05, 4.69) is 17.2 Å². The number of benzene rings is 1. The van der Waals surface area contributed by atoms with Crippen molar-refractivity contribution in [2.24, 2.45) is 5.73 Å². The van der Waals surface area contributed by atoms with Crippen LogP contribution in [0.15, 0.2) is 18.2 Å². The van der Waals surface area contributed by atoms with Gasteiger partial charge in [0, 0.05) is 5.56 Å². The summed E-state index contributed by atoms with van der Waals surface area (Å²) in [4.78, 5) is 33.3. The molecule has 0 saturated heterocycles. The third-order valence-corrected chi connectivity index (χ3v) is 2.23. The van der Waals surface area contributed by atoms with Crippen LogP contribution in [0.2, 0.25) is 0 Å². The van der Waals surface area contributed by atoms with Crippen LogP contribution in [0.1, 0.15) is 22.3 Å². The quantitative estimate of drug-likeness (QED) is 0.525. The highest BCUT2D eigenvalue weighted by molar-refractivity contribution is 6.52. The summed E-state index contributed by atoms with van der Waals surface area (Å²) in [6.07, 6.45) is -0.0841. The van der Waals surface area contributed by atoms with Crippen molar-refractivity contribution in [3.8, 4) is 11.8 Å². The molecule has 0 aromatic heterocycles. The Labute approximate surface area is 97.0 Å². The van der Waals surface area contributed by atoms with Gasteiger partial charge in [-0.15, -0.1) is 0 Å². The summed E-state index contributed by atoms with van der Waals surface area (Å²) in [6.45, 7) is 0. The van der Waals surface area contributed by atoms with Gasteiger partial charge in [0.25, 0.3) is 11.7 Å². The molecule has 0 radical (unpaired) electrons. The molecule has 1 aliphatic heterocycles. The summed E-state index contributed by atoms with van der Waals surface area (Å²) >= 11 is 0. The molecule has 1 aromatic carbocycles. The Morgan fingerprint density at radius 1 is 1.35 bits per heavy atom. The molecule has 0 atom stereocenters. The highest BCUT2D eigenvalue weighted by atomic mass is 16.2. The van der Waals surface area contributed by atoms with Gasteiger partial charge in [0.05, 0.1) is 17.7 Å². The molecule has 0 unspecified atom stereocenters. The number of carbonyl (C=O) groups excluding carboxylic acids is 3. The van der Waals surface area contributed by atoms with Crippen molar-refractivity contribution in [2.45, 2.75) is 6.42 Å². The summed E-state index contributed by atoms with van der Waals surface area (Å²) in [7, 11) is 0. The SMILES string of the molecule is NC(=O)CC#Cc1cccc2c1C(=O)C(=O)N2. The van der Waals surface area contributed by atoms with E-state index in [1.165, 1.54) is 0 Å². The van der Waals surface area contributed by atoms with E-state index in [-0.39, 0.29) is 12.0 Å². The zero-order valence-electron chi connectivity index (χ0n) is 8.74. The predicted molar refractivity (Wildman–Crippen MR) is 60.1 cm³/mol. The number of hydrogen-bond donors (Lipinski definition) is 2. The number of hydrogen-bond acceptors (Lipinski definition) is 3. The second-order valence-corrected chi connectivity index (χ2v) is 3.46. The third kappa shape index (κ3) is 2.01. The van der Waals surface area contributed by atoms with Crippen molar-refractivity contribution in [2.75, 3.05) is 5.32 Å². The summed E-state index contributed by atoms with van der Waals surface area (Å²) in [5.41, 5.74) is 6.08. The van der Waals surface area contributed by atoms with Crippen molar-refractivity contribution in [3.63, 3.8) is 0 Å². The van der Waals surface area contributed by atoms with Gasteiger partial charge in [0.2, 0.25) is 5.91 Å². The van der Waals surface area contributed by atoms with Gasteiger partial charge in [-0.05, 0) is 12.1 Å². The van der Waals surface area contributed by atoms with E-state index >= 15 is 0 Å². The minimum atomic E-state index is -0.663. The molecule has 5 heteroatoms. The molecule has 2 amide bonds. The van der Waals surface area contributed by atoms with Crippen LogP contribution < -0.4 is 11.1 Å². The maximum Gasteiger partial charge on any atom is 0.296 e. The van der Waals surface area contributed by atoms with Crippen LogP contribution in [-0.2, 0) is 9.59 Å². The van der Waals surface area contributed by atoms with E-state index in [1.807, 2.05) is 0 Å². The van der Waals surface area contributed by atoms with E-state index < -0.39 is 17.6 Å². The number of primary amides is 1. The number of fused-ring (bicyclic) bond motifs is 1. The Morgan fingerprint density at radius 2 is 2.12 bits per heavy atom. The van der Waals surface area contributed by atoms with Crippen molar-refractivity contribution in [3.05, 3.63) is 29.3 Å². The summed E-state index contributed by atoms with van der Waals surface area (Å²) in [5.74, 6) is 3.41. The van der Waals surface area contributed by atoms with Gasteiger partial charge in [-0.1, -0.05) is 17.9 Å². The number of nitrogens with two attached hydrogens (primary N) is 1. The van der Waals surface area contributed by atoms with Crippen LogP contribution in [0.25, 0.3) is 0 Å². The van der Waals surface area contributed by atoms with Crippen molar-refractivity contribution in [1.29, 1.82) is 0 Å². The Hall–Kier alpha value is -2.61. The normalized spacial score (nSPS) is 12.5. The van der Waals surface area contributed by atoms with Crippen LogP contribution in [-0.4, -0.2) is 17.6 Å². The first-order valence-electron chi connectivity index (χ1n) is 4.85. The van der Waals surface area contributed by atoms with Gasteiger partial charge in [0.15, 0.2) is 0 Å². The molecule has 1 heterocycles. The molecular weight excluding hydrogens is 220 g/mol. The van der Waals surface area contributed by atoms with E-state index in [0.29, 0.717) is 11.3 Å². The first kappa shape index (κ1) is 10.9. The molecule has 84 valence electrons. The van der Waals surface area contributed by atoms with E-state index in [1.54, 1.807) is 18.2 Å². The second-order valence-electron chi connectivity index (χ2n) is 3.46. The number of carbonyl (C=O) groups is 3. The first-order valence-corrected chi connectivity index (χ1v) is 4.85. The second kappa shape index (κ2) is 4.10. The average molecular weight is 228 g/mol. The van der Waals surface area contributed by atoms with Crippen molar-refractivity contribution < 1.29 is 14.4 Å². The molecule has 0 bridgehead atoms. The number of nitrogens with one attached hydrogen (secondary N) is 1. The summed E-state index contributed by atoms with van der Waals surface area (Å²) < 4.78 is 0. The topological polar surface area (TPSA) is 89.3 Å². The lowest BCUT2D eigenvalue weighted by atomic mass is 10.0. The molecule has 0 saturated carbocycles. The minimum Gasteiger partial charge on any atom is -0.369 e. The van der Waals surface area contributed by atoms with Crippen LogP contribution in [0.5, 0.6) is 0 Å². The molecule has 0 aliphatic carbocycles. The fraction of sp³-hybridized carbons (Fsp3) is 0.0833. The largest absolute Gasteiger partial charge is 0.369 e. The van der Waals surface area contributed by atoms with Gasteiger partial charge < -0.3 is 11.1 Å². The van der Waals surface area contributed by atoms with Gasteiger partial charge in [-0.25, -0.2) is 0 Å². The fourth-order valence-corrected chi connectivity index (χ4v) is 1.52. The Bertz CT molecular complexity index is 594. The molecule has 0 fully saturated rings. The number of rotatable bonds is 1. The van der Waals surface area contributed by atoms with Gasteiger partial charge in [-0.3, -0.25) is 14.4 Å². The number of amides is 2. The molecule has 3 N–H and O–H groups in total. The van der Waals surface area contributed by atoms with Crippen LogP contribution in [0, 0.1) is 11.8 Å². The molecule has 1 aromatic rings. The third-order valence-electron chi connectivity index (χ3n) is 2.23. The molecule has 1 aliphatic rings. The Kier molecular flexibility index (Phi) is 2.63. The van der Waals surface area contributed by atoms with Crippen LogP contribution in [0.3, 0.4) is 0 Å². The zero-order valence-corrected chi connectivity index (χ0v) is 8.74. The van der Waals surface area contributed by atoms with Gasteiger partial charge in [0.1, 0.15) is 0 Å². The highest BCUT2D eigenvalue weighted by Gasteiger charge is 2.29. The molecular formula is C12H8N2O3.